The van der Waals surface area contributed by atoms with E-state index in [0.717, 1.165) is 51.4 Å². The molecule has 2 unspecified atom stereocenters. The summed E-state index contributed by atoms with van der Waals surface area (Å²) in [6.45, 7) is 8.22. The first-order chi connectivity index (χ1) is 16.0. The minimum atomic E-state index is -4.08. The molecule has 0 aromatic rings. The van der Waals surface area contributed by atoms with Gasteiger partial charge in [-0.3, -0.25) is 0 Å². The Balaban J connectivity index is -0.000000569. The summed E-state index contributed by atoms with van der Waals surface area (Å²) in [5.41, 5.74) is 0. The maximum absolute atomic E-state index is 11.0. The Morgan fingerprint density at radius 1 is 0.429 bits per heavy atom. The molecule has 0 aromatic heterocycles. The predicted octanol–water partition coefficient (Wildman–Crippen LogP) is 7.30. The van der Waals surface area contributed by atoms with Gasteiger partial charge in [-0.25, -0.2) is 16.8 Å². The first-order valence-corrected chi connectivity index (χ1v) is 16.9. The fourth-order valence-corrected chi connectivity index (χ4v) is 6.13. The average Bonchev–Trinajstić information content (AvgIpc) is 2.75. The van der Waals surface area contributed by atoms with Crippen LogP contribution in [0.15, 0.2) is 0 Å². The van der Waals surface area contributed by atoms with Gasteiger partial charge in [0, 0.05) is 10.5 Å². The smallest absolute Gasteiger partial charge is 0.748 e. The van der Waals surface area contributed by atoms with Crippen molar-refractivity contribution in [3.63, 3.8) is 0 Å². The third-order valence-corrected chi connectivity index (χ3v) is 8.87. The Kier molecular flexibility index (Phi) is 31.5. The molecule has 0 amide bonds. The van der Waals surface area contributed by atoms with Crippen molar-refractivity contribution >= 4 is 69.1 Å². The van der Waals surface area contributed by atoms with E-state index in [-0.39, 0.29) is 48.9 Å². The third-order valence-electron chi connectivity index (χ3n) is 6.30. The van der Waals surface area contributed by atoms with Gasteiger partial charge in [-0.05, 0) is 25.7 Å². The van der Waals surface area contributed by atoms with Gasteiger partial charge in [0.05, 0.1) is 20.2 Å². The first kappa shape index (κ1) is 40.9. The molecule has 0 aliphatic rings. The molecular weight excluding hydrogens is 610 g/mol. The second kappa shape index (κ2) is 27.0. The van der Waals surface area contributed by atoms with Gasteiger partial charge < -0.3 is 9.11 Å². The van der Waals surface area contributed by atoms with E-state index in [2.05, 4.69) is 13.8 Å². The fourth-order valence-electron chi connectivity index (χ4n) is 4.17. The van der Waals surface area contributed by atoms with Crippen LogP contribution < -0.4 is 0 Å². The Morgan fingerprint density at radius 3 is 0.914 bits per heavy atom. The Hall–Kier alpha value is 1.39. The van der Waals surface area contributed by atoms with E-state index >= 15 is 0 Å². The molecule has 0 bridgehead atoms. The molecule has 0 radical (unpaired) electrons. The van der Waals surface area contributed by atoms with Crippen molar-refractivity contribution in [3.8, 4) is 0 Å². The van der Waals surface area contributed by atoms with Crippen molar-refractivity contribution in [3.05, 3.63) is 0 Å². The normalized spacial score (nSPS) is 13.4. The Bertz CT molecular complexity index is 582. The zero-order valence-electron chi connectivity index (χ0n) is 23.3. The van der Waals surface area contributed by atoms with Gasteiger partial charge in [0.2, 0.25) is 0 Å². The molecule has 2 atom stereocenters. The van der Waals surface area contributed by atoms with E-state index in [1.165, 1.54) is 51.4 Å². The molecule has 0 aliphatic carbocycles. The van der Waals surface area contributed by atoms with Crippen LogP contribution in [-0.2, 0) is 20.2 Å². The molecule has 35 heavy (non-hydrogen) atoms. The number of unbranched alkanes of at least 4 members (excludes halogenated alkanes) is 12. The predicted molar refractivity (Wildman–Crippen MR) is 148 cm³/mol. The van der Waals surface area contributed by atoms with Crippen molar-refractivity contribution in [2.24, 2.45) is 0 Å². The number of hydrogen-bond donors (Lipinski definition) is 0. The van der Waals surface area contributed by atoms with E-state index in [9.17, 15) is 25.9 Å². The summed E-state index contributed by atoms with van der Waals surface area (Å²) in [4.78, 5) is 0. The van der Waals surface area contributed by atoms with Crippen molar-refractivity contribution in [2.45, 2.75) is 167 Å². The SMILES string of the molecule is CCCCCCCCCC(CCC)S(=O)(=O)[O-].CCCCCCCCCC(CCC)S(=O)(=O)[O-].[Ba+2]. The quantitative estimate of drug-likeness (QED) is 0.0682. The van der Waals surface area contributed by atoms with Gasteiger partial charge in [0.25, 0.3) is 0 Å². The van der Waals surface area contributed by atoms with Crippen LogP contribution in [0.1, 0.15) is 156 Å². The van der Waals surface area contributed by atoms with Crippen LogP contribution in [-0.4, -0.2) is 85.3 Å². The number of rotatable bonds is 22. The molecule has 0 rings (SSSR count). The van der Waals surface area contributed by atoms with E-state index in [1.807, 2.05) is 13.8 Å². The van der Waals surface area contributed by atoms with E-state index in [4.69, 9.17) is 0 Å². The van der Waals surface area contributed by atoms with Crippen LogP contribution in [0.4, 0.5) is 0 Å². The molecule has 0 saturated carbocycles. The average molecular weight is 664 g/mol. The van der Waals surface area contributed by atoms with Crippen molar-refractivity contribution in [1.29, 1.82) is 0 Å². The molecule has 9 heteroatoms. The maximum Gasteiger partial charge on any atom is 2.00 e. The molecule has 0 aliphatic heterocycles. The number of hydrogen-bond acceptors (Lipinski definition) is 6. The summed E-state index contributed by atoms with van der Waals surface area (Å²) in [6, 6.07) is 0. The molecule has 0 N–H and O–H groups in total. The van der Waals surface area contributed by atoms with Crippen LogP contribution >= 0.6 is 0 Å². The van der Waals surface area contributed by atoms with Crippen LogP contribution in [0, 0.1) is 0 Å². The largest absolute Gasteiger partial charge is 2.00 e. The van der Waals surface area contributed by atoms with Gasteiger partial charge in [-0.15, -0.1) is 0 Å². The summed E-state index contributed by atoms with van der Waals surface area (Å²) in [5.74, 6) is 0. The molecule has 0 fully saturated rings. The van der Waals surface area contributed by atoms with Gasteiger partial charge in [-0.2, -0.15) is 0 Å². The molecule has 0 saturated heterocycles. The molecular formula is C26H54BaO6S2. The molecule has 6 nitrogen and oxygen atoms in total. The van der Waals surface area contributed by atoms with E-state index in [0.29, 0.717) is 25.7 Å². The Morgan fingerprint density at radius 2 is 0.686 bits per heavy atom. The van der Waals surface area contributed by atoms with Gasteiger partial charge >= 0.3 is 48.9 Å². The minimum absolute atomic E-state index is 0. The summed E-state index contributed by atoms with van der Waals surface area (Å²) in [6.07, 6.45) is 19.9. The molecule has 0 spiro atoms. The molecule has 0 heterocycles. The van der Waals surface area contributed by atoms with Gasteiger partial charge in [0.15, 0.2) is 0 Å². The zero-order valence-corrected chi connectivity index (χ0v) is 29.3. The second-order valence-corrected chi connectivity index (χ2v) is 12.9. The van der Waals surface area contributed by atoms with E-state index < -0.39 is 30.7 Å². The van der Waals surface area contributed by atoms with Crippen molar-refractivity contribution in [2.75, 3.05) is 0 Å². The van der Waals surface area contributed by atoms with Gasteiger partial charge in [-0.1, -0.05) is 130 Å². The molecule has 208 valence electrons. The van der Waals surface area contributed by atoms with Crippen LogP contribution in [0.3, 0.4) is 0 Å². The van der Waals surface area contributed by atoms with Crippen molar-refractivity contribution < 1.29 is 25.9 Å². The zero-order chi connectivity index (χ0) is 26.3. The van der Waals surface area contributed by atoms with Crippen molar-refractivity contribution in [1.82, 2.24) is 0 Å². The maximum atomic E-state index is 11.0. The molecule has 0 aromatic carbocycles. The monoisotopic (exact) mass is 664 g/mol. The van der Waals surface area contributed by atoms with Crippen LogP contribution in [0.2, 0.25) is 0 Å². The standard InChI is InChI=1S/2C13H28O3S.Ba/c2*1-3-5-6-7-8-9-10-12-13(11-4-2)17(14,15)16;/h2*13H,3-12H2,1-2H3,(H,14,15,16);/q;;+2/p-2. The van der Waals surface area contributed by atoms with E-state index in [1.54, 1.807) is 0 Å². The second-order valence-electron chi connectivity index (χ2n) is 9.63. The minimum Gasteiger partial charge on any atom is -0.748 e. The van der Waals surface area contributed by atoms with Gasteiger partial charge in [0.1, 0.15) is 0 Å². The summed E-state index contributed by atoms with van der Waals surface area (Å²) < 4.78 is 65.8. The van der Waals surface area contributed by atoms with Crippen LogP contribution in [0.5, 0.6) is 0 Å². The fraction of sp³-hybridized carbons (Fsp3) is 1.00. The third kappa shape index (κ3) is 28.2. The summed E-state index contributed by atoms with van der Waals surface area (Å²) in [7, 11) is -8.16. The summed E-state index contributed by atoms with van der Waals surface area (Å²) in [5, 5.41) is -1.30. The topological polar surface area (TPSA) is 114 Å². The summed E-state index contributed by atoms with van der Waals surface area (Å²) >= 11 is 0. The first-order valence-electron chi connectivity index (χ1n) is 13.9. The Labute approximate surface area is 259 Å². The van der Waals surface area contributed by atoms with Crippen LogP contribution in [0.25, 0.3) is 0 Å².